The van der Waals surface area contributed by atoms with E-state index in [2.05, 4.69) is 0 Å². The van der Waals surface area contributed by atoms with Crippen LogP contribution in [0.25, 0.3) is 0 Å². The molecule has 21 heavy (non-hydrogen) atoms. The molecule has 1 amide bonds. The van der Waals surface area contributed by atoms with Crippen molar-refractivity contribution in [2.75, 3.05) is 13.2 Å². The Bertz CT molecular complexity index is 358. The number of nitrogens with one attached hydrogen (secondary N) is 1. The Hall–Kier alpha value is -1.67. The van der Waals surface area contributed by atoms with Crippen LogP contribution in [0, 0.1) is 5.92 Å². The average molecular weight is 305 g/mol. The van der Waals surface area contributed by atoms with Crippen molar-refractivity contribution in [3.05, 3.63) is 0 Å². The molecule has 0 aromatic rings. The SMILES string of the molecule is CCCCOCCC(C(=O)O)C(O)[C@H](NC(C)=O)C(=O)O. The summed E-state index contributed by atoms with van der Waals surface area (Å²) in [5.41, 5.74) is 0. The Balaban J connectivity index is 4.63. The molecule has 8 nitrogen and oxygen atoms in total. The average Bonchev–Trinajstić information content (AvgIpc) is 2.38. The maximum absolute atomic E-state index is 11.2. The molecular formula is C13H23NO7. The number of hydrogen-bond donors (Lipinski definition) is 4. The highest BCUT2D eigenvalue weighted by Crippen LogP contribution is 2.14. The van der Waals surface area contributed by atoms with Gasteiger partial charge in [0, 0.05) is 20.1 Å². The van der Waals surface area contributed by atoms with E-state index in [1.165, 1.54) is 0 Å². The second-order valence-electron chi connectivity index (χ2n) is 4.71. The van der Waals surface area contributed by atoms with Gasteiger partial charge in [0.1, 0.15) is 0 Å². The van der Waals surface area contributed by atoms with Gasteiger partial charge in [-0.25, -0.2) is 4.79 Å². The van der Waals surface area contributed by atoms with Gasteiger partial charge in [0.05, 0.1) is 12.0 Å². The molecular weight excluding hydrogens is 282 g/mol. The molecule has 0 saturated heterocycles. The molecule has 0 saturated carbocycles. The molecule has 0 radical (unpaired) electrons. The normalized spacial score (nSPS) is 15.0. The molecule has 0 heterocycles. The van der Waals surface area contributed by atoms with Crippen LogP contribution in [-0.2, 0) is 19.1 Å². The van der Waals surface area contributed by atoms with E-state index in [1.807, 2.05) is 12.2 Å². The topological polar surface area (TPSA) is 133 Å². The van der Waals surface area contributed by atoms with Crippen LogP contribution in [0.1, 0.15) is 33.1 Å². The molecule has 8 heteroatoms. The highest BCUT2D eigenvalue weighted by molar-refractivity contribution is 5.83. The molecule has 0 aliphatic carbocycles. The van der Waals surface area contributed by atoms with E-state index in [0.29, 0.717) is 6.61 Å². The summed E-state index contributed by atoms with van der Waals surface area (Å²) < 4.78 is 5.22. The van der Waals surface area contributed by atoms with Gasteiger partial charge in [0.25, 0.3) is 0 Å². The number of aliphatic carboxylic acids is 2. The van der Waals surface area contributed by atoms with Crippen LogP contribution >= 0.6 is 0 Å². The monoisotopic (exact) mass is 305 g/mol. The van der Waals surface area contributed by atoms with Gasteiger partial charge in [-0.1, -0.05) is 13.3 Å². The molecule has 0 rings (SSSR count). The minimum absolute atomic E-state index is 0.0381. The lowest BCUT2D eigenvalue weighted by molar-refractivity contribution is -0.153. The van der Waals surface area contributed by atoms with Crippen LogP contribution in [-0.4, -0.2) is 58.5 Å². The molecule has 2 unspecified atom stereocenters. The van der Waals surface area contributed by atoms with Crippen LogP contribution in [0.5, 0.6) is 0 Å². The maximum Gasteiger partial charge on any atom is 0.328 e. The zero-order valence-electron chi connectivity index (χ0n) is 12.2. The lowest BCUT2D eigenvalue weighted by atomic mass is 9.93. The standard InChI is InChI=1S/C13H23NO7/c1-3-4-6-21-7-5-9(12(17)18)11(16)10(13(19)20)14-8(2)15/h9-11,16H,3-7H2,1-2H3,(H,14,15)(H,17,18)(H,19,20)/t9?,10-,11?/m0/s1. The third-order valence-corrected chi connectivity index (χ3v) is 2.91. The number of carbonyl (C=O) groups is 3. The fourth-order valence-electron chi connectivity index (χ4n) is 1.74. The quantitative estimate of drug-likeness (QED) is 0.390. The van der Waals surface area contributed by atoms with Crippen LogP contribution in [0.2, 0.25) is 0 Å². The first-order valence-electron chi connectivity index (χ1n) is 6.79. The first kappa shape index (κ1) is 19.3. The van der Waals surface area contributed by atoms with Gasteiger partial charge < -0.3 is 25.4 Å². The fourth-order valence-corrected chi connectivity index (χ4v) is 1.74. The molecule has 0 fully saturated rings. The van der Waals surface area contributed by atoms with Crippen LogP contribution < -0.4 is 5.32 Å². The number of amides is 1. The number of hydrogen-bond acceptors (Lipinski definition) is 5. The summed E-state index contributed by atoms with van der Waals surface area (Å²) in [5.74, 6) is -4.82. The van der Waals surface area contributed by atoms with Crippen molar-refractivity contribution in [2.24, 2.45) is 5.92 Å². The molecule has 0 spiro atoms. The summed E-state index contributed by atoms with van der Waals surface area (Å²) >= 11 is 0. The van der Waals surface area contributed by atoms with E-state index in [-0.39, 0.29) is 13.0 Å². The second-order valence-corrected chi connectivity index (χ2v) is 4.71. The first-order chi connectivity index (χ1) is 9.81. The van der Waals surface area contributed by atoms with Gasteiger partial charge in [-0.15, -0.1) is 0 Å². The fraction of sp³-hybridized carbons (Fsp3) is 0.769. The van der Waals surface area contributed by atoms with E-state index in [1.54, 1.807) is 0 Å². The van der Waals surface area contributed by atoms with Crippen molar-refractivity contribution >= 4 is 17.8 Å². The Labute approximate surface area is 123 Å². The predicted molar refractivity (Wildman–Crippen MR) is 72.7 cm³/mol. The van der Waals surface area contributed by atoms with Gasteiger partial charge in [0.15, 0.2) is 6.04 Å². The second kappa shape index (κ2) is 10.1. The number of aliphatic hydroxyl groups excluding tert-OH is 1. The Kier molecular flexibility index (Phi) is 9.31. The Morgan fingerprint density at radius 3 is 2.19 bits per heavy atom. The van der Waals surface area contributed by atoms with Gasteiger partial charge in [-0.2, -0.15) is 0 Å². The summed E-state index contributed by atoms with van der Waals surface area (Å²) in [6.07, 6.45) is 0.000874. The smallest absolute Gasteiger partial charge is 0.328 e. The number of aliphatic hydroxyl groups is 1. The van der Waals surface area contributed by atoms with Gasteiger partial charge >= 0.3 is 11.9 Å². The molecule has 3 atom stereocenters. The number of ether oxygens (including phenoxy) is 1. The van der Waals surface area contributed by atoms with Crippen molar-refractivity contribution in [1.82, 2.24) is 5.32 Å². The maximum atomic E-state index is 11.2. The summed E-state index contributed by atoms with van der Waals surface area (Å²) in [4.78, 5) is 33.1. The zero-order chi connectivity index (χ0) is 16.4. The minimum atomic E-state index is -1.74. The van der Waals surface area contributed by atoms with Crippen LogP contribution in [0.15, 0.2) is 0 Å². The van der Waals surface area contributed by atoms with E-state index in [0.717, 1.165) is 19.8 Å². The largest absolute Gasteiger partial charge is 0.481 e. The summed E-state index contributed by atoms with van der Waals surface area (Å²) in [6.45, 7) is 3.65. The summed E-state index contributed by atoms with van der Waals surface area (Å²) in [7, 11) is 0. The van der Waals surface area contributed by atoms with E-state index in [4.69, 9.17) is 14.9 Å². The van der Waals surface area contributed by atoms with Crippen molar-refractivity contribution in [1.29, 1.82) is 0 Å². The highest BCUT2D eigenvalue weighted by atomic mass is 16.5. The molecule has 0 aromatic carbocycles. The van der Waals surface area contributed by atoms with Crippen molar-refractivity contribution in [2.45, 2.75) is 45.3 Å². The van der Waals surface area contributed by atoms with Gasteiger partial charge in [-0.05, 0) is 12.8 Å². The van der Waals surface area contributed by atoms with Crippen LogP contribution in [0.4, 0.5) is 0 Å². The molecule has 0 aromatic heterocycles. The highest BCUT2D eigenvalue weighted by Gasteiger charge is 2.37. The molecule has 0 bridgehead atoms. The predicted octanol–water partition coefficient (Wildman–Crippen LogP) is -0.156. The van der Waals surface area contributed by atoms with Crippen molar-refractivity contribution in [3.8, 4) is 0 Å². The molecule has 122 valence electrons. The third kappa shape index (κ3) is 7.62. The lowest BCUT2D eigenvalue weighted by Crippen LogP contribution is -2.52. The number of carbonyl (C=O) groups excluding carboxylic acids is 1. The zero-order valence-corrected chi connectivity index (χ0v) is 12.2. The van der Waals surface area contributed by atoms with Crippen molar-refractivity contribution < 1.29 is 34.4 Å². The van der Waals surface area contributed by atoms with E-state index in [9.17, 15) is 19.5 Å². The summed E-state index contributed by atoms with van der Waals surface area (Å²) in [6, 6.07) is -1.67. The molecule has 0 aliphatic heterocycles. The number of carboxylic acid groups (broad SMARTS) is 2. The molecule has 0 aliphatic rings. The van der Waals surface area contributed by atoms with Crippen LogP contribution in [0.3, 0.4) is 0 Å². The number of rotatable bonds is 11. The van der Waals surface area contributed by atoms with Gasteiger partial charge in [0.2, 0.25) is 5.91 Å². The van der Waals surface area contributed by atoms with Crippen molar-refractivity contribution in [3.63, 3.8) is 0 Å². The third-order valence-electron chi connectivity index (χ3n) is 2.91. The first-order valence-corrected chi connectivity index (χ1v) is 6.79. The summed E-state index contributed by atoms with van der Waals surface area (Å²) in [5, 5.41) is 30.0. The van der Waals surface area contributed by atoms with E-state index >= 15 is 0 Å². The van der Waals surface area contributed by atoms with E-state index < -0.39 is 35.9 Å². The Morgan fingerprint density at radius 1 is 1.14 bits per heavy atom. The minimum Gasteiger partial charge on any atom is -0.481 e. The lowest BCUT2D eigenvalue weighted by Gasteiger charge is -2.25. The van der Waals surface area contributed by atoms with Gasteiger partial charge in [-0.3, -0.25) is 9.59 Å². The Morgan fingerprint density at radius 2 is 1.76 bits per heavy atom. The number of carboxylic acids is 2. The number of unbranched alkanes of at least 4 members (excludes halogenated alkanes) is 1. The molecule has 4 N–H and O–H groups in total.